The number of aryl methyl sites for hydroxylation is 1. The van der Waals surface area contributed by atoms with Crippen LogP contribution in [0.25, 0.3) is 43.9 Å². The lowest BCUT2D eigenvalue weighted by atomic mass is 9.35. The molecule has 5 heterocycles. The zero-order valence-electron chi connectivity index (χ0n) is 28.4. The summed E-state index contributed by atoms with van der Waals surface area (Å²) in [5.74, 6) is 1.09. The van der Waals surface area contributed by atoms with Gasteiger partial charge in [-0.1, -0.05) is 121 Å². The molecule has 11 rings (SSSR count). The van der Waals surface area contributed by atoms with E-state index < -0.39 is 8.07 Å². The van der Waals surface area contributed by atoms with Crippen molar-refractivity contribution in [1.29, 1.82) is 0 Å². The van der Waals surface area contributed by atoms with Crippen molar-refractivity contribution < 1.29 is 4.42 Å². The predicted molar refractivity (Wildman–Crippen MR) is 206 cm³/mol. The number of benzene rings is 5. The minimum absolute atomic E-state index is 0.0314. The summed E-state index contributed by atoms with van der Waals surface area (Å²) < 4.78 is 9.53. The lowest BCUT2D eigenvalue weighted by Crippen LogP contribution is -2.78. The van der Waals surface area contributed by atoms with Crippen molar-refractivity contribution in [3.8, 4) is 11.1 Å². The molecule has 4 aliphatic rings. The first-order valence-electron chi connectivity index (χ1n) is 17.8. The van der Waals surface area contributed by atoms with Crippen LogP contribution in [0.5, 0.6) is 0 Å². The highest BCUT2D eigenvalue weighted by Crippen LogP contribution is 2.61. The molecule has 0 bridgehead atoms. The quantitative estimate of drug-likeness (QED) is 0.174. The van der Waals surface area contributed by atoms with E-state index in [2.05, 4.69) is 141 Å². The molecule has 3 aliphatic heterocycles. The lowest BCUT2D eigenvalue weighted by molar-refractivity contribution is 0.191. The van der Waals surface area contributed by atoms with Gasteiger partial charge in [-0.05, 0) is 66.2 Å². The Bertz CT molecular complexity index is 2580. The summed E-state index contributed by atoms with van der Waals surface area (Å²) in [4.78, 5) is 2.73. The van der Waals surface area contributed by atoms with E-state index in [1.54, 1.807) is 21.4 Å². The van der Waals surface area contributed by atoms with Gasteiger partial charge in [0.1, 0.15) is 13.7 Å². The maximum Gasteiger partial charge on any atom is 0.251 e. The van der Waals surface area contributed by atoms with Crippen molar-refractivity contribution in [2.45, 2.75) is 63.6 Å². The number of hydrogen-bond donors (Lipinski definition) is 0. The molecule has 5 aromatic carbocycles. The smallest absolute Gasteiger partial charge is 0.251 e. The highest BCUT2D eigenvalue weighted by atomic mass is 28.3. The van der Waals surface area contributed by atoms with E-state index in [-0.39, 0.29) is 17.7 Å². The average molecular weight is 639 g/mol. The number of furan rings is 1. The van der Waals surface area contributed by atoms with Gasteiger partial charge >= 0.3 is 0 Å². The third-order valence-electron chi connectivity index (χ3n) is 13.7. The minimum Gasteiger partial charge on any atom is -0.441 e. The Morgan fingerprint density at radius 2 is 1.54 bits per heavy atom. The van der Waals surface area contributed by atoms with E-state index in [0.29, 0.717) is 0 Å². The molecule has 1 saturated carbocycles. The minimum atomic E-state index is -1.96. The summed E-state index contributed by atoms with van der Waals surface area (Å²) >= 11 is 0. The SMILES string of the molecule is Cn1c2ccccc2c2c(-c3ccc4oc5c(c4c3)B3c4ccccc4[Si](C)(C)c4ccc6c(c43)N5C3(C)CCCCC63C)cccc21. The second-order valence-electron chi connectivity index (χ2n) is 16.0. The van der Waals surface area contributed by atoms with Crippen LogP contribution < -0.4 is 31.7 Å². The zero-order valence-corrected chi connectivity index (χ0v) is 29.4. The van der Waals surface area contributed by atoms with Crippen molar-refractivity contribution in [3.63, 3.8) is 0 Å². The molecule has 0 radical (unpaired) electrons. The third kappa shape index (κ3) is 2.97. The van der Waals surface area contributed by atoms with Crippen LogP contribution in [0.3, 0.4) is 0 Å². The first-order chi connectivity index (χ1) is 23.2. The predicted octanol–water partition coefficient (Wildman–Crippen LogP) is 7.45. The molecule has 1 fully saturated rings. The molecule has 2 unspecified atom stereocenters. The van der Waals surface area contributed by atoms with Crippen molar-refractivity contribution in [1.82, 2.24) is 4.57 Å². The van der Waals surface area contributed by atoms with Crippen LogP contribution in [0.2, 0.25) is 13.1 Å². The fourth-order valence-corrected chi connectivity index (χ4v) is 14.3. The van der Waals surface area contributed by atoms with E-state index in [0.717, 1.165) is 11.5 Å². The zero-order chi connectivity index (χ0) is 32.3. The Balaban J connectivity index is 1.25. The second kappa shape index (κ2) is 8.75. The highest BCUT2D eigenvalue weighted by Gasteiger charge is 2.63. The number of anilines is 2. The lowest BCUT2D eigenvalue weighted by Gasteiger charge is -2.51. The fraction of sp³-hybridized carbons (Fsp3) is 0.256. The summed E-state index contributed by atoms with van der Waals surface area (Å²) in [6.07, 6.45) is 4.96. The van der Waals surface area contributed by atoms with Crippen LogP contribution in [0.1, 0.15) is 45.1 Å². The van der Waals surface area contributed by atoms with Gasteiger partial charge in [-0.3, -0.25) is 0 Å². The van der Waals surface area contributed by atoms with E-state index in [1.807, 2.05) is 0 Å². The van der Waals surface area contributed by atoms with Gasteiger partial charge in [0.25, 0.3) is 6.71 Å². The second-order valence-corrected chi connectivity index (χ2v) is 20.4. The topological polar surface area (TPSA) is 21.3 Å². The Hall–Kier alpha value is -4.48. The van der Waals surface area contributed by atoms with Crippen LogP contribution in [0.15, 0.2) is 101 Å². The summed E-state index contributed by atoms with van der Waals surface area (Å²) in [7, 11) is 0.233. The van der Waals surface area contributed by atoms with E-state index in [4.69, 9.17) is 4.42 Å². The van der Waals surface area contributed by atoms with E-state index in [9.17, 15) is 0 Å². The highest BCUT2D eigenvalue weighted by molar-refractivity contribution is 7.15. The summed E-state index contributed by atoms with van der Waals surface area (Å²) in [6.45, 7) is 10.4. The van der Waals surface area contributed by atoms with E-state index >= 15 is 0 Å². The summed E-state index contributed by atoms with van der Waals surface area (Å²) in [5, 5.41) is 7.07. The van der Waals surface area contributed by atoms with Crippen molar-refractivity contribution >= 4 is 85.9 Å². The molecule has 234 valence electrons. The molecule has 2 aromatic heterocycles. The number of hydrogen-bond acceptors (Lipinski definition) is 2. The molecular formula is C43H39BN2OSi. The van der Waals surface area contributed by atoms with Gasteiger partial charge in [0.05, 0.1) is 5.54 Å². The first-order valence-corrected chi connectivity index (χ1v) is 20.8. The molecule has 0 amide bonds. The van der Waals surface area contributed by atoms with Crippen molar-refractivity contribution in [2.24, 2.45) is 7.05 Å². The Morgan fingerprint density at radius 1 is 0.750 bits per heavy atom. The molecular weight excluding hydrogens is 599 g/mol. The number of aromatic nitrogens is 1. The van der Waals surface area contributed by atoms with Crippen LogP contribution in [-0.2, 0) is 12.5 Å². The van der Waals surface area contributed by atoms with Gasteiger partial charge in [0.2, 0.25) is 0 Å². The van der Waals surface area contributed by atoms with Crippen LogP contribution >= 0.6 is 0 Å². The normalized spacial score (nSPS) is 23.0. The maximum absolute atomic E-state index is 7.19. The van der Waals surface area contributed by atoms with Gasteiger partial charge in [-0.2, -0.15) is 0 Å². The first kappa shape index (κ1) is 27.5. The van der Waals surface area contributed by atoms with Crippen LogP contribution in [0, 0.1) is 0 Å². The largest absolute Gasteiger partial charge is 0.441 e. The third-order valence-corrected chi connectivity index (χ3v) is 17.2. The molecule has 0 N–H and O–H groups in total. The van der Waals surface area contributed by atoms with Gasteiger partial charge in [0, 0.05) is 50.8 Å². The molecule has 0 saturated heterocycles. The summed E-state index contributed by atoms with van der Waals surface area (Å²) in [6, 6.07) is 37.1. The number of rotatable bonds is 1. The van der Waals surface area contributed by atoms with Crippen molar-refractivity contribution in [3.05, 3.63) is 103 Å². The van der Waals surface area contributed by atoms with Crippen LogP contribution in [0.4, 0.5) is 11.6 Å². The van der Waals surface area contributed by atoms with Gasteiger partial charge in [-0.25, -0.2) is 0 Å². The van der Waals surface area contributed by atoms with E-state index in [1.165, 1.54) is 80.6 Å². The molecule has 1 aliphatic carbocycles. The molecule has 0 spiro atoms. The average Bonchev–Trinajstić information content (AvgIpc) is 3.69. The Morgan fingerprint density at radius 3 is 2.44 bits per heavy atom. The Labute approximate surface area is 283 Å². The monoisotopic (exact) mass is 638 g/mol. The molecule has 3 nitrogen and oxygen atoms in total. The van der Waals surface area contributed by atoms with Gasteiger partial charge in [-0.15, -0.1) is 0 Å². The Kier molecular flexibility index (Phi) is 5.01. The standard InChI is InChI=1S/C43H39BN2OSi/c1-42-23-10-11-24-43(42,2)46-40-30(42)20-22-36-39(40)44(31-15-7-9-18-35(31)48(36,4)5)38-29-25-26(19-21-34(29)47-41(38)46)27-14-12-17-33-37(27)28-13-6-8-16-32(28)45(33)3/h6-9,12-22,25H,10-11,23-24H2,1-5H3. The molecule has 5 heteroatoms. The summed E-state index contributed by atoms with van der Waals surface area (Å²) in [5.41, 5.74) is 13.6. The number of nitrogens with zero attached hydrogens (tertiary/aromatic N) is 2. The van der Waals surface area contributed by atoms with Gasteiger partial charge < -0.3 is 13.9 Å². The molecule has 48 heavy (non-hydrogen) atoms. The number of fused-ring (bicyclic) bond motifs is 13. The molecule has 2 atom stereocenters. The number of para-hydroxylation sites is 1. The van der Waals surface area contributed by atoms with Crippen LogP contribution in [-0.4, -0.2) is 24.9 Å². The maximum atomic E-state index is 7.19. The van der Waals surface area contributed by atoms with Crippen molar-refractivity contribution in [2.75, 3.05) is 4.90 Å². The fourth-order valence-electron chi connectivity index (χ4n) is 11.1. The molecule has 7 aromatic rings. The van der Waals surface area contributed by atoms with Gasteiger partial charge in [0.15, 0.2) is 5.88 Å².